The second-order valence-corrected chi connectivity index (χ2v) is 6.66. The maximum absolute atomic E-state index is 13.0. The van der Waals surface area contributed by atoms with Crippen molar-refractivity contribution < 1.29 is 12.8 Å². The molecule has 0 unspecified atom stereocenters. The van der Waals surface area contributed by atoms with Crippen LogP contribution >= 0.6 is 15.9 Å². The summed E-state index contributed by atoms with van der Waals surface area (Å²) in [6.45, 7) is 2.87. The van der Waals surface area contributed by atoms with Gasteiger partial charge in [-0.3, -0.25) is 0 Å². The smallest absolute Gasteiger partial charge is 0.211 e. The van der Waals surface area contributed by atoms with Crippen LogP contribution in [0.3, 0.4) is 0 Å². The largest absolute Gasteiger partial charge is 0.311 e. The Kier molecular flexibility index (Phi) is 6.20. The van der Waals surface area contributed by atoms with E-state index in [0.29, 0.717) is 19.6 Å². The molecule has 0 amide bonds. The predicted octanol–water partition coefficient (Wildman–Crippen LogP) is 1.62. The SMILES string of the molecule is CCS(=O)(=O)NCCNCc1cc(F)ccc1Br. The summed E-state index contributed by atoms with van der Waals surface area (Å²) in [6, 6.07) is 4.46. The molecule has 0 fully saturated rings. The topological polar surface area (TPSA) is 58.2 Å². The normalized spacial score (nSPS) is 11.7. The fourth-order valence-electron chi connectivity index (χ4n) is 1.30. The molecule has 0 aliphatic carbocycles. The second-order valence-electron chi connectivity index (χ2n) is 3.71. The van der Waals surface area contributed by atoms with Crippen LogP contribution in [0.1, 0.15) is 12.5 Å². The van der Waals surface area contributed by atoms with Crippen molar-refractivity contribution in [3.8, 4) is 0 Å². The molecule has 0 saturated carbocycles. The lowest BCUT2D eigenvalue weighted by molar-refractivity contribution is 0.576. The van der Waals surface area contributed by atoms with Gasteiger partial charge in [0.25, 0.3) is 0 Å². The maximum atomic E-state index is 13.0. The van der Waals surface area contributed by atoms with E-state index in [1.807, 2.05) is 0 Å². The molecule has 1 rings (SSSR count). The first kappa shape index (κ1) is 15.6. The lowest BCUT2D eigenvalue weighted by Crippen LogP contribution is -2.32. The van der Waals surface area contributed by atoms with Gasteiger partial charge in [-0.1, -0.05) is 15.9 Å². The van der Waals surface area contributed by atoms with Gasteiger partial charge in [-0.15, -0.1) is 0 Å². The minimum atomic E-state index is -3.14. The molecule has 0 radical (unpaired) electrons. The average molecular weight is 339 g/mol. The van der Waals surface area contributed by atoms with Gasteiger partial charge >= 0.3 is 0 Å². The Labute approximate surface area is 115 Å². The van der Waals surface area contributed by atoms with Crippen LogP contribution in [0.4, 0.5) is 4.39 Å². The van der Waals surface area contributed by atoms with E-state index in [1.54, 1.807) is 13.0 Å². The number of hydrogen-bond donors (Lipinski definition) is 2. The fraction of sp³-hybridized carbons (Fsp3) is 0.455. The number of rotatable bonds is 7. The van der Waals surface area contributed by atoms with E-state index in [4.69, 9.17) is 0 Å². The highest BCUT2D eigenvalue weighted by Crippen LogP contribution is 2.17. The molecule has 18 heavy (non-hydrogen) atoms. The lowest BCUT2D eigenvalue weighted by Gasteiger charge is -2.08. The first-order chi connectivity index (χ1) is 8.44. The molecule has 0 heterocycles. The summed E-state index contributed by atoms with van der Waals surface area (Å²) >= 11 is 3.32. The molecule has 0 atom stereocenters. The van der Waals surface area contributed by atoms with Crippen LogP contribution < -0.4 is 10.0 Å². The van der Waals surface area contributed by atoms with E-state index in [2.05, 4.69) is 26.0 Å². The minimum Gasteiger partial charge on any atom is -0.311 e. The van der Waals surface area contributed by atoms with Crippen molar-refractivity contribution in [3.05, 3.63) is 34.1 Å². The molecule has 0 aliphatic rings. The third-order valence-electron chi connectivity index (χ3n) is 2.33. The van der Waals surface area contributed by atoms with Crippen molar-refractivity contribution in [1.29, 1.82) is 0 Å². The average Bonchev–Trinajstić information content (AvgIpc) is 2.33. The molecule has 7 heteroatoms. The summed E-state index contributed by atoms with van der Waals surface area (Å²) in [6.07, 6.45) is 0. The Morgan fingerprint density at radius 1 is 1.33 bits per heavy atom. The molecule has 0 aromatic heterocycles. The van der Waals surface area contributed by atoms with Gasteiger partial charge in [-0.05, 0) is 30.7 Å². The number of sulfonamides is 1. The molecule has 0 spiro atoms. The van der Waals surface area contributed by atoms with Crippen molar-refractivity contribution in [2.75, 3.05) is 18.8 Å². The molecular weight excluding hydrogens is 323 g/mol. The highest BCUT2D eigenvalue weighted by atomic mass is 79.9. The van der Waals surface area contributed by atoms with Crippen LogP contribution in [0.2, 0.25) is 0 Å². The first-order valence-corrected chi connectivity index (χ1v) is 8.01. The second kappa shape index (κ2) is 7.18. The zero-order valence-electron chi connectivity index (χ0n) is 10.0. The number of halogens is 2. The Bertz CT molecular complexity index is 494. The van der Waals surface area contributed by atoms with Gasteiger partial charge in [-0.2, -0.15) is 0 Å². The third-order valence-corrected chi connectivity index (χ3v) is 4.50. The van der Waals surface area contributed by atoms with Gasteiger partial charge in [0.05, 0.1) is 5.75 Å². The van der Waals surface area contributed by atoms with Crippen molar-refractivity contribution in [3.63, 3.8) is 0 Å². The van der Waals surface area contributed by atoms with E-state index in [9.17, 15) is 12.8 Å². The maximum Gasteiger partial charge on any atom is 0.211 e. The fourth-order valence-corrected chi connectivity index (χ4v) is 2.30. The summed E-state index contributed by atoms with van der Waals surface area (Å²) in [5.41, 5.74) is 0.799. The molecule has 0 saturated heterocycles. The van der Waals surface area contributed by atoms with E-state index < -0.39 is 10.0 Å². The zero-order chi connectivity index (χ0) is 13.6. The van der Waals surface area contributed by atoms with Crippen LogP contribution in [-0.4, -0.2) is 27.3 Å². The number of nitrogens with one attached hydrogen (secondary N) is 2. The Balaban J connectivity index is 2.32. The van der Waals surface area contributed by atoms with E-state index in [1.165, 1.54) is 12.1 Å². The monoisotopic (exact) mass is 338 g/mol. The molecule has 102 valence electrons. The first-order valence-electron chi connectivity index (χ1n) is 5.56. The van der Waals surface area contributed by atoms with Crippen molar-refractivity contribution in [2.45, 2.75) is 13.5 Å². The van der Waals surface area contributed by atoms with Crippen LogP contribution in [0, 0.1) is 5.82 Å². The van der Waals surface area contributed by atoms with Gasteiger partial charge in [0.2, 0.25) is 10.0 Å². The van der Waals surface area contributed by atoms with Gasteiger partial charge in [0.15, 0.2) is 0 Å². The van der Waals surface area contributed by atoms with Crippen LogP contribution in [0.25, 0.3) is 0 Å². The van der Waals surface area contributed by atoms with Crippen LogP contribution in [0.15, 0.2) is 22.7 Å². The Morgan fingerprint density at radius 3 is 2.72 bits per heavy atom. The highest BCUT2D eigenvalue weighted by molar-refractivity contribution is 9.10. The third kappa shape index (κ3) is 5.43. The molecule has 1 aromatic carbocycles. The highest BCUT2D eigenvalue weighted by Gasteiger charge is 2.05. The lowest BCUT2D eigenvalue weighted by atomic mass is 10.2. The van der Waals surface area contributed by atoms with E-state index >= 15 is 0 Å². The molecule has 1 aromatic rings. The van der Waals surface area contributed by atoms with Crippen molar-refractivity contribution >= 4 is 26.0 Å². The molecular formula is C11H16BrFN2O2S. The van der Waals surface area contributed by atoms with Gasteiger partial charge in [0, 0.05) is 24.1 Å². The molecule has 2 N–H and O–H groups in total. The van der Waals surface area contributed by atoms with Gasteiger partial charge in [0.1, 0.15) is 5.82 Å². The quantitative estimate of drug-likeness (QED) is 0.742. The van der Waals surface area contributed by atoms with Crippen molar-refractivity contribution in [2.24, 2.45) is 0 Å². The van der Waals surface area contributed by atoms with E-state index in [-0.39, 0.29) is 11.6 Å². The Hall–Kier alpha value is -0.500. The Morgan fingerprint density at radius 2 is 2.06 bits per heavy atom. The summed E-state index contributed by atoms with van der Waals surface area (Å²) in [7, 11) is -3.14. The van der Waals surface area contributed by atoms with E-state index in [0.717, 1.165) is 10.0 Å². The summed E-state index contributed by atoms with van der Waals surface area (Å²) in [4.78, 5) is 0. The van der Waals surface area contributed by atoms with Crippen LogP contribution in [0.5, 0.6) is 0 Å². The number of benzene rings is 1. The summed E-state index contributed by atoms with van der Waals surface area (Å²) < 4.78 is 38.5. The van der Waals surface area contributed by atoms with Crippen molar-refractivity contribution in [1.82, 2.24) is 10.0 Å². The molecule has 0 aliphatic heterocycles. The van der Waals surface area contributed by atoms with Gasteiger partial charge < -0.3 is 5.32 Å². The summed E-state index contributed by atoms with van der Waals surface area (Å²) in [5.74, 6) is -0.218. The molecule has 4 nitrogen and oxygen atoms in total. The predicted molar refractivity (Wildman–Crippen MR) is 73.3 cm³/mol. The summed E-state index contributed by atoms with van der Waals surface area (Å²) in [5, 5.41) is 3.04. The standard InChI is InChI=1S/C11H16BrFN2O2S/c1-2-18(16,17)15-6-5-14-8-9-7-10(13)3-4-11(9)12/h3-4,7,14-15H,2,5-6,8H2,1H3. The number of hydrogen-bond acceptors (Lipinski definition) is 3. The minimum absolute atomic E-state index is 0.0719. The molecule has 0 bridgehead atoms. The van der Waals surface area contributed by atoms with Crippen LogP contribution in [-0.2, 0) is 16.6 Å². The zero-order valence-corrected chi connectivity index (χ0v) is 12.4. The van der Waals surface area contributed by atoms with Gasteiger partial charge in [-0.25, -0.2) is 17.5 Å².